The molecule has 1 aliphatic rings. The lowest BCUT2D eigenvalue weighted by molar-refractivity contribution is 0.446. The molecule has 1 aromatic rings. The van der Waals surface area contributed by atoms with Gasteiger partial charge < -0.3 is 5.32 Å². The lowest BCUT2D eigenvalue weighted by Crippen LogP contribution is -2.28. The number of rotatable bonds is 7. The summed E-state index contributed by atoms with van der Waals surface area (Å²) in [6.45, 7) is 7.19. The molecule has 2 rings (SSSR count). The second-order valence-corrected chi connectivity index (χ2v) is 8.44. The number of thiophene rings is 1. The highest BCUT2D eigenvalue weighted by Gasteiger charge is 2.32. The van der Waals surface area contributed by atoms with Crippen molar-refractivity contribution in [3.8, 4) is 0 Å². The first-order valence-electron chi connectivity index (χ1n) is 7.36. The largest absolute Gasteiger partial charge is 0.313 e. The Morgan fingerprint density at radius 3 is 2.95 bits per heavy atom. The van der Waals surface area contributed by atoms with Crippen LogP contribution in [0.5, 0.6) is 0 Å². The predicted octanol–water partition coefficient (Wildman–Crippen LogP) is 2.67. The number of hydrogen-bond acceptors (Lipinski definition) is 4. The minimum absolute atomic E-state index is 0.488. The van der Waals surface area contributed by atoms with Crippen molar-refractivity contribution in [2.45, 2.75) is 43.9 Å². The Morgan fingerprint density at radius 1 is 1.45 bits per heavy atom. The van der Waals surface area contributed by atoms with Crippen molar-refractivity contribution in [3.05, 3.63) is 17.0 Å². The maximum Gasteiger partial charge on any atom is 0.252 e. The van der Waals surface area contributed by atoms with Crippen LogP contribution in [0, 0.1) is 5.92 Å². The molecule has 1 fully saturated rings. The second kappa shape index (κ2) is 7.02. The van der Waals surface area contributed by atoms with Crippen molar-refractivity contribution in [2.24, 2.45) is 5.92 Å². The Kier molecular flexibility index (Phi) is 5.60. The summed E-state index contributed by atoms with van der Waals surface area (Å²) in [5.41, 5.74) is 1.06. The van der Waals surface area contributed by atoms with Gasteiger partial charge in [0.25, 0.3) is 10.0 Å². The summed E-state index contributed by atoms with van der Waals surface area (Å²) in [7, 11) is -3.27. The number of sulfonamides is 1. The number of hydrogen-bond donors (Lipinski definition) is 1. The molecule has 1 saturated heterocycles. The zero-order chi connectivity index (χ0) is 14.6. The molecule has 0 saturated carbocycles. The molecule has 4 nitrogen and oxygen atoms in total. The van der Waals surface area contributed by atoms with Crippen molar-refractivity contribution >= 4 is 21.4 Å². The topological polar surface area (TPSA) is 49.4 Å². The Hall–Kier alpha value is -0.430. The maximum absolute atomic E-state index is 12.6. The van der Waals surface area contributed by atoms with Crippen LogP contribution in [-0.2, 0) is 16.6 Å². The molecule has 0 amide bonds. The van der Waals surface area contributed by atoms with Crippen molar-refractivity contribution in [3.63, 3.8) is 0 Å². The van der Waals surface area contributed by atoms with Crippen molar-refractivity contribution in [1.82, 2.24) is 9.62 Å². The summed E-state index contributed by atoms with van der Waals surface area (Å²) in [6, 6.07) is 1.82. The van der Waals surface area contributed by atoms with Crippen molar-refractivity contribution in [1.29, 1.82) is 0 Å². The van der Waals surface area contributed by atoms with Crippen LogP contribution in [0.3, 0.4) is 0 Å². The number of nitrogens with zero attached hydrogens (tertiary/aromatic N) is 1. The molecule has 1 N–H and O–H groups in total. The molecule has 0 radical (unpaired) electrons. The van der Waals surface area contributed by atoms with E-state index >= 15 is 0 Å². The fraction of sp³-hybridized carbons (Fsp3) is 0.714. The summed E-state index contributed by atoms with van der Waals surface area (Å²) in [4.78, 5) is 0. The number of nitrogens with one attached hydrogen (secondary N) is 1. The lowest BCUT2D eigenvalue weighted by Gasteiger charge is -2.15. The first-order valence-corrected chi connectivity index (χ1v) is 9.68. The van der Waals surface area contributed by atoms with E-state index in [4.69, 9.17) is 0 Å². The molecule has 1 unspecified atom stereocenters. The van der Waals surface area contributed by atoms with E-state index < -0.39 is 10.0 Å². The quantitative estimate of drug-likeness (QED) is 0.841. The van der Waals surface area contributed by atoms with Crippen LogP contribution >= 0.6 is 11.3 Å². The molecule has 6 heteroatoms. The van der Waals surface area contributed by atoms with Crippen LogP contribution in [0.1, 0.15) is 38.7 Å². The molecular formula is C14H24N2O2S2. The van der Waals surface area contributed by atoms with E-state index in [1.165, 1.54) is 11.3 Å². The third-order valence-electron chi connectivity index (χ3n) is 3.75. The molecule has 114 valence electrons. The van der Waals surface area contributed by atoms with E-state index in [1.807, 2.05) is 18.4 Å². The monoisotopic (exact) mass is 316 g/mol. The van der Waals surface area contributed by atoms with E-state index in [1.54, 1.807) is 4.31 Å². The Labute approximate surface area is 126 Å². The Morgan fingerprint density at radius 2 is 2.25 bits per heavy atom. The molecule has 0 aromatic carbocycles. The average Bonchev–Trinajstić information content (AvgIpc) is 3.06. The van der Waals surface area contributed by atoms with Gasteiger partial charge in [-0.25, -0.2) is 8.42 Å². The van der Waals surface area contributed by atoms with Crippen molar-refractivity contribution < 1.29 is 8.42 Å². The van der Waals surface area contributed by atoms with Gasteiger partial charge in [0.2, 0.25) is 0 Å². The smallest absolute Gasteiger partial charge is 0.252 e. The van der Waals surface area contributed by atoms with Gasteiger partial charge in [-0.15, -0.1) is 11.3 Å². The summed E-state index contributed by atoms with van der Waals surface area (Å²) in [6.07, 6.45) is 3.26. The predicted molar refractivity (Wildman–Crippen MR) is 83.5 cm³/mol. The summed E-state index contributed by atoms with van der Waals surface area (Å²) in [5.74, 6) is 0.538. The van der Waals surface area contributed by atoms with Gasteiger partial charge in [-0.05, 0) is 42.3 Å². The van der Waals surface area contributed by atoms with Crippen molar-refractivity contribution in [2.75, 3.05) is 19.6 Å². The first-order chi connectivity index (χ1) is 9.57. The van der Waals surface area contributed by atoms with E-state index in [2.05, 4.69) is 12.2 Å². The highest BCUT2D eigenvalue weighted by Crippen LogP contribution is 2.29. The summed E-state index contributed by atoms with van der Waals surface area (Å²) in [5, 5.41) is 5.16. The van der Waals surface area contributed by atoms with Crippen LogP contribution in [0.25, 0.3) is 0 Å². The summed E-state index contributed by atoms with van der Waals surface area (Å²) < 4.78 is 27.3. The van der Waals surface area contributed by atoms with E-state index in [-0.39, 0.29) is 0 Å². The van der Waals surface area contributed by atoms with Gasteiger partial charge in [0.05, 0.1) is 0 Å². The van der Waals surface area contributed by atoms with E-state index in [0.717, 1.165) is 37.9 Å². The highest BCUT2D eigenvalue weighted by molar-refractivity contribution is 7.91. The maximum atomic E-state index is 12.6. The van der Waals surface area contributed by atoms with Gasteiger partial charge >= 0.3 is 0 Å². The zero-order valence-corrected chi connectivity index (χ0v) is 13.9. The molecule has 1 aliphatic heterocycles. The Bertz CT molecular complexity index is 525. The molecule has 2 heterocycles. The van der Waals surface area contributed by atoms with E-state index in [0.29, 0.717) is 23.2 Å². The highest BCUT2D eigenvalue weighted by atomic mass is 32.2. The van der Waals surface area contributed by atoms with Gasteiger partial charge in [0.1, 0.15) is 4.21 Å². The lowest BCUT2D eigenvalue weighted by atomic mass is 10.0. The zero-order valence-electron chi connectivity index (χ0n) is 12.3. The molecule has 0 bridgehead atoms. The van der Waals surface area contributed by atoms with Gasteiger partial charge in [0.15, 0.2) is 0 Å². The Balaban J connectivity index is 2.05. The molecule has 0 aliphatic carbocycles. The second-order valence-electron chi connectivity index (χ2n) is 5.36. The molecule has 1 atom stereocenters. The van der Waals surface area contributed by atoms with E-state index in [9.17, 15) is 8.42 Å². The normalized spacial score (nSPS) is 20.6. The fourth-order valence-corrected chi connectivity index (χ4v) is 5.53. The van der Waals surface area contributed by atoms with Crippen LogP contribution in [0.2, 0.25) is 0 Å². The van der Waals surface area contributed by atoms with Gasteiger partial charge in [0, 0.05) is 19.6 Å². The SMILES string of the molecule is CCCC1CCN(S(=O)(=O)c2cc(CNCC)cs2)C1. The van der Waals surface area contributed by atoms with Gasteiger partial charge in [-0.2, -0.15) is 4.31 Å². The van der Waals surface area contributed by atoms with Gasteiger partial charge in [-0.1, -0.05) is 20.3 Å². The van der Waals surface area contributed by atoms with Crippen LogP contribution < -0.4 is 5.32 Å². The van der Waals surface area contributed by atoms with Crippen LogP contribution in [0.15, 0.2) is 15.7 Å². The standard InChI is InChI=1S/C14H24N2O2S2/c1-3-5-12-6-7-16(10-12)20(17,18)14-8-13(11-19-14)9-15-4-2/h8,11-12,15H,3-7,9-10H2,1-2H3. The average molecular weight is 316 g/mol. The third kappa shape index (κ3) is 3.61. The van der Waals surface area contributed by atoms with Gasteiger partial charge in [-0.3, -0.25) is 0 Å². The molecule has 0 spiro atoms. The molecule has 20 heavy (non-hydrogen) atoms. The van der Waals surface area contributed by atoms with Crippen LogP contribution in [-0.4, -0.2) is 32.4 Å². The third-order valence-corrected chi connectivity index (χ3v) is 7.08. The summed E-state index contributed by atoms with van der Waals surface area (Å²) >= 11 is 1.34. The minimum atomic E-state index is -3.27. The van der Waals surface area contributed by atoms with Crippen LogP contribution in [0.4, 0.5) is 0 Å². The molecule has 1 aromatic heterocycles. The molecular weight excluding hydrogens is 292 g/mol. The first kappa shape index (κ1) is 15.9. The minimum Gasteiger partial charge on any atom is -0.313 e. The fourth-order valence-electron chi connectivity index (χ4n) is 2.64.